The third kappa shape index (κ3) is 52.5. The molecule has 0 aromatic rings. The summed E-state index contributed by atoms with van der Waals surface area (Å²) in [6.07, 6.45) is 64.2. The van der Waals surface area contributed by atoms with Crippen molar-refractivity contribution in [2.75, 3.05) is 13.2 Å². The summed E-state index contributed by atoms with van der Waals surface area (Å²) in [5.41, 5.74) is 0. The van der Waals surface area contributed by atoms with Gasteiger partial charge in [-0.3, -0.25) is 14.4 Å². The molecule has 0 fully saturated rings. The fourth-order valence-electron chi connectivity index (χ4n) is 8.36. The van der Waals surface area contributed by atoms with Crippen molar-refractivity contribution in [2.24, 2.45) is 0 Å². The van der Waals surface area contributed by atoms with E-state index in [1.54, 1.807) is 0 Å². The van der Waals surface area contributed by atoms with Crippen LogP contribution in [0.3, 0.4) is 0 Å². The molecule has 0 amide bonds. The summed E-state index contributed by atoms with van der Waals surface area (Å²) in [6.45, 7) is 6.56. The molecule has 0 radical (unpaired) electrons. The van der Waals surface area contributed by atoms with Crippen molar-refractivity contribution >= 4 is 17.9 Å². The number of allylic oxidation sites excluding steroid dienone is 6. The molecule has 380 valence electrons. The van der Waals surface area contributed by atoms with Gasteiger partial charge in [0.25, 0.3) is 0 Å². The minimum Gasteiger partial charge on any atom is -0.462 e. The monoisotopic (exact) mass is 913 g/mol. The number of unbranched alkanes of at least 4 members (excludes halogenated alkanes) is 35. The van der Waals surface area contributed by atoms with Crippen molar-refractivity contribution in [3.63, 3.8) is 0 Å². The molecular formula is C59H108O6. The van der Waals surface area contributed by atoms with E-state index < -0.39 is 6.10 Å². The number of carbonyl (C=O) groups excluding carboxylic acids is 3. The smallest absolute Gasteiger partial charge is 0.306 e. The molecule has 0 rings (SSSR count). The highest BCUT2D eigenvalue weighted by Gasteiger charge is 2.19. The lowest BCUT2D eigenvalue weighted by molar-refractivity contribution is -0.167. The van der Waals surface area contributed by atoms with Gasteiger partial charge in [0.1, 0.15) is 13.2 Å². The van der Waals surface area contributed by atoms with Crippen LogP contribution in [0, 0.1) is 0 Å². The Kier molecular flexibility index (Phi) is 52.3. The zero-order valence-corrected chi connectivity index (χ0v) is 43.5. The van der Waals surface area contributed by atoms with Crippen LogP contribution in [-0.2, 0) is 28.6 Å². The van der Waals surface area contributed by atoms with Crippen LogP contribution in [0.25, 0.3) is 0 Å². The number of ether oxygens (including phenoxy) is 3. The van der Waals surface area contributed by atoms with Crippen molar-refractivity contribution in [3.8, 4) is 0 Å². The molecule has 0 saturated carbocycles. The van der Waals surface area contributed by atoms with Crippen LogP contribution in [0.5, 0.6) is 0 Å². The van der Waals surface area contributed by atoms with Crippen LogP contribution < -0.4 is 0 Å². The third-order valence-corrected chi connectivity index (χ3v) is 12.6. The van der Waals surface area contributed by atoms with Crippen LogP contribution in [0.4, 0.5) is 0 Å². The molecule has 0 heterocycles. The van der Waals surface area contributed by atoms with Crippen LogP contribution in [-0.4, -0.2) is 37.2 Å². The van der Waals surface area contributed by atoms with Gasteiger partial charge in [0.15, 0.2) is 6.10 Å². The highest BCUT2D eigenvalue weighted by Crippen LogP contribution is 2.16. The van der Waals surface area contributed by atoms with E-state index in [0.717, 1.165) is 77.0 Å². The Morgan fingerprint density at radius 3 is 0.938 bits per heavy atom. The average molecular weight is 914 g/mol. The van der Waals surface area contributed by atoms with Crippen molar-refractivity contribution in [1.82, 2.24) is 0 Å². The summed E-state index contributed by atoms with van der Waals surface area (Å²) in [5, 5.41) is 0. The minimum absolute atomic E-state index is 0.0735. The van der Waals surface area contributed by atoms with Gasteiger partial charge in [0.05, 0.1) is 0 Å². The van der Waals surface area contributed by atoms with E-state index in [1.165, 1.54) is 186 Å². The van der Waals surface area contributed by atoms with E-state index in [4.69, 9.17) is 14.2 Å². The van der Waals surface area contributed by atoms with Crippen molar-refractivity contribution in [2.45, 2.75) is 309 Å². The van der Waals surface area contributed by atoms with Crippen molar-refractivity contribution < 1.29 is 28.6 Å². The highest BCUT2D eigenvalue weighted by molar-refractivity contribution is 5.71. The third-order valence-electron chi connectivity index (χ3n) is 12.6. The van der Waals surface area contributed by atoms with Crippen LogP contribution in [0.1, 0.15) is 303 Å². The van der Waals surface area contributed by atoms with Gasteiger partial charge in [-0.25, -0.2) is 0 Å². The largest absolute Gasteiger partial charge is 0.462 e. The first-order chi connectivity index (χ1) is 32.0. The SMILES string of the molecule is CC/C=C\C/C=C\CCCCCCCCCC(=O)OCC(COC(=O)CCCCCCCCC/C=C\CCCCCCCC)OC(=O)CCCCCCCCCCCCCCCCCC. The maximum Gasteiger partial charge on any atom is 0.306 e. The first-order valence-electron chi connectivity index (χ1n) is 28.5. The molecule has 0 saturated heterocycles. The molecule has 0 aromatic heterocycles. The van der Waals surface area contributed by atoms with Gasteiger partial charge in [-0.2, -0.15) is 0 Å². The second kappa shape index (κ2) is 54.2. The average Bonchev–Trinajstić information content (AvgIpc) is 3.30. The number of rotatable bonds is 52. The van der Waals surface area contributed by atoms with Gasteiger partial charge in [-0.05, 0) is 70.6 Å². The normalized spacial score (nSPS) is 12.2. The molecule has 0 N–H and O–H groups in total. The molecule has 6 heteroatoms. The second-order valence-electron chi connectivity index (χ2n) is 19.2. The van der Waals surface area contributed by atoms with E-state index in [9.17, 15) is 14.4 Å². The van der Waals surface area contributed by atoms with Crippen LogP contribution >= 0.6 is 0 Å². The Bertz CT molecular complexity index is 1090. The van der Waals surface area contributed by atoms with E-state index in [0.29, 0.717) is 19.3 Å². The molecule has 0 aliphatic carbocycles. The van der Waals surface area contributed by atoms with E-state index >= 15 is 0 Å². The molecule has 0 spiro atoms. The van der Waals surface area contributed by atoms with Crippen molar-refractivity contribution in [3.05, 3.63) is 36.5 Å². The Morgan fingerprint density at radius 1 is 0.323 bits per heavy atom. The maximum absolute atomic E-state index is 12.8. The molecule has 0 aliphatic heterocycles. The van der Waals surface area contributed by atoms with Gasteiger partial charge >= 0.3 is 17.9 Å². The molecule has 0 aliphatic rings. The molecule has 1 atom stereocenters. The summed E-state index contributed by atoms with van der Waals surface area (Å²) in [7, 11) is 0. The number of hydrogen-bond donors (Lipinski definition) is 0. The van der Waals surface area contributed by atoms with E-state index in [-0.39, 0.29) is 31.1 Å². The molecule has 0 bridgehead atoms. The summed E-state index contributed by atoms with van der Waals surface area (Å²) >= 11 is 0. The van der Waals surface area contributed by atoms with Gasteiger partial charge in [-0.1, -0.05) is 250 Å². The maximum atomic E-state index is 12.8. The lowest BCUT2D eigenvalue weighted by Crippen LogP contribution is -2.30. The van der Waals surface area contributed by atoms with E-state index in [2.05, 4.69) is 57.2 Å². The fraction of sp³-hybridized carbons (Fsp3) is 0.847. The molecule has 0 aromatic carbocycles. The predicted molar refractivity (Wildman–Crippen MR) is 279 cm³/mol. The topological polar surface area (TPSA) is 78.9 Å². The van der Waals surface area contributed by atoms with Crippen LogP contribution in [0.2, 0.25) is 0 Å². The number of esters is 3. The highest BCUT2D eigenvalue weighted by atomic mass is 16.6. The Hall–Kier alpha value is -2.37. The summed E-state index contributed by atoms with van der Waals surface area (Å²) in [5.74, 6) is -0.869. The number of carbonyl (C=O) groups is 3. The summed E-state index contributed by atoms with van der Waals surface area (Å²) in [6, 6.07) is 0. The minimum atomic E-state index is -0.774. The van der Waals surface area contributed by atoms with Gasteiger partial charge < -0.3 is 14.2 Å². The summed E-state index contributed by atoms with van der Waals surface area (Å²) < 4.78 is 16.9. The van der Waals surface area contributed by atoms with Gasteiger partial charge in [0, 0.05) is 19.3 Å². The van der Waals surface area contributed by atoms with Gasteiger partial charge in [0.2, 0.25) is 0 Å². The molecule has 1 unspecified atom stereocenters. The fourth-order valence-corrected chi connectivity index (χ4v) is 8.36. The first kappa shape index (κ1) is 62.6. The molecular weight excluding hydrogens is 805 g/mol. The van der Waals surface area contributed by atoms with E-state index in [1.807, 2.05) is 0 Å². The zero-order valence-electron chi connectivity index (χ0n) is 43.5. The van der Waals surface area contributed by atoms with Gasteiger partial charge in [-0.15, -0.1) is 0 Å². The van der Waals surface area contributed by atoms with Crippen LogP contribution in [0.15, 0.2) is 36.5 Å². The zero-order chi connectivity index (χ0) is 47.2. The molecule has 6 nitrogen and oxygen atoms in total. The quantitative estimate of drug-likeness (QED) is 0.0262. The standard InChI is InChI=1S/C59H108O6/c1-4-7-10-13-16-19-22-25-28-30-32-34-37-40-43-46-49-52-58(61)64-55-56(54-63-57(60)51-48-45-42-39-36-33-27-24-21-18-15-12-9-6-3)65-59(62)53-50-47-44-41-38-35-31-29-26-23-20-17-14-11-8-5-2/h9,12,18,21,25,28,56H,4-8,10-11,13-17,19-20,22-24,26-27,29-55H2,1-3H3/b12-9-,21-18-,28-25-. The lowest BCUT2D eigenvalue weighted by atomic mass is 10.0. The van der Waals surface area contributed by atoms with Crippen molar-refractivity contribution in [1.29, 1.82) is 0 Å². The Balaban J connectivity index is 4.34. The first-order valence-corrected chi connectivity index (χ1v) is 28.5. The Morgan fingerprint density at radius 2 is 0.600 bits per heavy atom. The lowest BCUT2D eigenvalue weighted by Gasteiger charge is -2.18. The summed E-state index contributed by atoms with van der Waals surface area (Å²) in [4.78, 5) is 38.1. The second-order valence-corrected chi connectivity index (χ2v) is 19.2. The molecule has 65 heavy (non-hydrogen) atoms. The predicted octanol–water partition coefficient (Wildman–Crippen LogP) is 18.9. The number of hydrogen-bond acceptors (Lipinski definition) is 6. The Labute approximate surface area is 404 Å².